The summed E-state index contributed by atoms with van der Waals surface area (Å²) in [5.74, 6) is 0.603. The normalized spacial score (nSPS) is 10.8. The van der Waals surface area contributed by atoms with Gasteiger partial charge in [0.1, 0.15) is 6.61 Å². The molecular weight excluding hydrogens is 326 g/mol. The van der Waals surface area contributed by atoms with Crippen LogP contribution in [0.15, 0.2) is 42.7 Å². The molecule has 1 amide bonds. The van der Waals surface area contributed by atoms with Crippen molar-refractivity contribution in [1.82, 2.24) is 9.38 Å². The maximum atomic E-state index is 11.7. The van der Waals surface area contributed by atoms with Gasteiger partial charge in [0.15, 0.2) is 11.4 Å². The van der Waals surface area contributed by atoms with Crippen molar-refractivity contribution >= 4 is 28.8 Å². The van der Waals surface area contributed by atoms with E-state index in [1.165, 1.54) is 6.92 Å². The average molecular weight is 344 g/mol. The molecule has 2 aromatic heterocycles. The number of imidazole rings is 1. The lowest BCUT2D eigenvalue weighted by molar-refractivity contribution is -0.116. The zero-order chi connectivity index (χ0) is 17.3. The van der Waals surface area contributed by atoms with E-state index in [9.17, 15) is 4.79 Å². The summed E-state index contributed by atoms with van der Waals surface area (Å²) in [6.45, 7) is 3.70. The van der Waals surface area contributed by atoms with E-state index in [4.69, 9.17) is 16.3 Å². The molecule has 6 heteroatoms. The van der Waals surface area contributed by atoms with Crippen molar-refractivity contribution in [2.24, 2.45) is 0 Å². The molecule has 0 saturated heterocycles. The van der Waals surface area contributed by atoms with E-state index >= 15 is 0 Å². The van der Waals surface area contributed by atoms with Crippen molar-refractivity contribution < 1.29 is 9.53 Å². The second-order valence-corrected chi connectivity index (χ2v) is 6.00. The number of pyridine rings is 1. The Morgan fingerprint density at radius 3 is 2.88 bits per heavy atom. The molecule has 0 unspecified atom stereocenters. The Kier molecular flexibility index (Phi) is 4.44. The Balaban J connectivity index is 1.93. The van der Waals surface area contributed by atoms with Gasteiger partial charge in [-0.3, -0.25) is 4.79 Å². The van der Waals surface area contributed by atoms with Crippen LogP contribution in [0.25, 0.3) is 5.65 Å². The highest BCUT2D eigenvalue weighted by atomic mass is 35.5. The Labute approximate surface area is 145 Å². The first-order valence-electron chi connectivity index (χ1n) is 7.56. The fourth-order valence-corrected chi connectivity index (χ4v) is 2.77. The van der Waals surface area contributed by atoms with E-state index in [0.29, 0.717) is 10.8 Å². The van der Waals surface area contributed by atoms with E-state index in [2.05, 4.69) is 4.98 Å². The first-order valence-corrected chi connectivity index (χ1v) is 7.94. The number of benzene rings is 1. The first kappa shape index (κ1) is 16.3. The van der Waals surface area contributed by atoms with Gasteiger partial charge in [0.25, 0.3) is 0 Å². The van der Waals surface area contributed by atoms with Gasteiger partial charge in [0.2, 0.25) is 5.91 Å². The number of amides is 1. The predicted molar refractivity (Wildman–Crippen MR) is 94.8 cm³/mol. The van der Waals surface area contributed by atoms with Gasteiger partial charge in [-0.15, -0.1) is 0 Å². The van der Waals surface area contributed by atoms with Gasteiger partial charge in [-0.25, -0.2) is 4.98 Å². The van der Waals surface area contributed by atoms with Crippen LogP contribution in [0.3, 0.4) is 0 Å². The van der Waals surface area contributed by atoms with Crippen molar-refractivity contribution in [3.8, 4) is 5.75 Å². The smallest absolute Gasteiger partial charge is 0.223 e. The van der Waals surface area contributed by atoms with Crippen molar-refractivity contribution in [2.75, 3.05) is 11.9 Å². The SMILES string of the molecule is CC(=O)N(C)c1cccc(Cl)c1COc1cccn2cc(C)nc12. The molecule has 0 N–H and O–H groups in total. The molecule has 0 radical (unpaired) electrons. The van der Waals surface area contributed by atoms with Crippen LogP contribution in [0, 0.1) is 6.92 Å². The fourth-order valence-electron chi connectivity index (χ4n) is 2.55. The molecule has 24 heavy (non-hydrogen) atoms. The van der Waals surface area contributed by atoms with Crippen LogP contribution in [0.1, 0.15) is 18.2 Å². The van der Waals surface area contributed by atoms with Gasteiger partial charge in [-0.2, -0.15) is 0 Å². The van der Waals surface area contributed by atoms with Crippen LogP contribution in [0.5, 0.6) is 5.75 Å². The minimum atomic E-state index is -0.0653. The molecule has 5 nitrogen and oxygen atoms in total. The molecule has 3 rings (SSSR count). The first-order chi connectivity index (χ1) is 11.5. The van der Waals surface area contributed by atoms with Gasteiger partial charge in [-0.05, 0) is 31.2 Å². The van der Waals surface area contributed by atoms with E-state index < -0.39 is 0 Å². The van der Waals surface area contributed by atoms with Crippen LogP contribution in [-0.2, 0) is 11.4 Å². The monoisotopic (exact) mass is 343 g/mol. The summed E-state index contributed by atoms with van der Waals surface area (Å²) in [4.78, 5) is 17.7. The van der Waals surface area contributed by atoms with Crippen molar-refractivity contribution in [3.63, 3.8) is 0 Å². The lowest BCUT2D eigenvalue weighted by Gasteiger charge is -2.20. The molecule has 0 aliphatic rings. The Bertz CT molecular complexity index is 904. The summed E-state index contributed by atoms with van der Waals surface area (Å²) in [6, 6.07) is 9.23. The molecule has 1 aromatic carbocycles. The van der Waals surface area contributed by atoms with Gasteiger partial charge in [-0.1, -0.05) is 17.7 Å². The van der Waals surface area contributed by atoms with E-state index in [1.54, 1.807) is 18.0 Å². The molecule has 0 fully saturated rings. The van der Waals surface area contributed by atoms with Gasteiger partial charge in [0, 0.05) is 37.0 Å². The standard InChI is InChI=1S/C18H18ClN3O2/c1-12-10-22-9-5-8-17(18(22)20-12)24-11-14-15(19)6-4-7-16(14)21(3)13(2)23/h4-10H,11H2,1-3H3. The van der Waals surface area contributed by atoms with E-state index in [1.807, 2.05) is 48.0 Å². The summed E-state index contributed by atoms with van der Waals surface area (Å²) in [6.07, 6.45) is 3.86. The summed E-state index contributed by atoms with van der Waals surface area (Å²) >= 11 is 6.33. The highest BCUT2D eigenvalue weighted by molar-refractivity contribution is 6.31. The number of halogens is 1. The second kappa shape index (κ2) is 6.53. The van der Waals surface area contributed by atoms with Gasteiger partial charge >= 0.3 is 0 Å². The number of carbonyl (C=O) groups excluding carboxylic acids is 1. The highest BCUT2D eigenvalue weighted by Gasteiger charge is 2.15. The molecule has 0 bridgehead atoms. The van der Waals surface area contributed by atoms with Gasteiger partial charge in [0.05, 0.1) is 11.4 Å². The number of rotatable bonds is 4. The molecule has 0 saturated carbocycles. The molecular formula is C18H18ClN3O2. The Hall–Kier alpha value is -2.53. The second-order valence-electron chi connectivity index (χ2n) is 5.59. The summed E-state index contributed by atoms with van der Waals surface area (Å²) in [7, 11) is 1.72. The molecule has 0 aliphatic heterocycles. The zero-order valence-electron chi connectivity index (χ0n) is 13.8. The largest absolute Gasteiger partial charge is 0.485 e. The topological polar surface area (TPSA) is 46.8 Å². The average Bonchev–Trinajstić information content (AvgIpc) is 2.93. The third-order valence-corrected chi connectivity index (χ3v) is 4.22. The molecule has 124 valence electrons. The maximum absolute atomic E-state index is 11.7. The van der Waals surface area contributed by atoms with Crippen molar-refractivity contribution in [2.45, 2.75) is 20.5 Å². The molecule has 0 spiro atoms. The molecule has 2 heterocycles. The number of aromatic nitrogens is 2. The van der Waals surface area contributed by atoms with Crippen molar-refractivity contribution in [3.05, 3.63) is 59.0 Å². The number of hydrogen-bond donors (Lipinski definition) is 0. The van der Waals surface area contributed by atoms with E-state index in [-0.39, 0.29) is 12.5 Å². The van der Waals surface area contributed by atoms with Crippen LogP contribution >= 0.6 is 11.6 Å². The van der Waals surface area contributed by atoms with Crippen LogP contribution in [0.4, 0.5) is 5.69 Å². The van der Waals surface area contributed by atoms with Crippen LogP contribution in [-0.4, -0.2) is 22.3 Å². The lowest BCUT2D eigenvalue weighted by atomic mass is 10.1. The third kappa shape index (κ3) is 3.08. The van der Waals surface area contributed by atoms with Gasteiger partial charge < -0.3 is 14.0 Å². The summed E-state index contributed by atoms with van der Waals surface area (Å²) < 4.78 is 7.88. The third-order valence-electron chi connectivity index (χ3n) is 3.87. The predicted octanol–water partition coefficient (Wildman–Crippen LogP) is 3.86. The summed E-state index contributed by atoms with van der Waals surface area (Å²) in [5.41, 5.74) is 3.17. The summed E-state index contributed by atoms with van der Waals surface area (Å²) in [5, 5.41) is 0.562. The highest BCUT2D eigenvalue weighted by Crippen LogP contribution is 2.29. The lowest BCUT2D eigenvalue weighted by Crippen LogP contribution is -2.24. The number of anilines is 1. The minimum Gasteiger partial charge on any atom is -0.485 e. The number of hydrogen-bond acceptors (Lipinski definition) is 3. The number of ether oxygens (including phenoxy) is 1. The number of nitrogens with zero attached hydrogens (tertiary/aromatic N) is 3. The number of carbonyl (C=O) groups is 1. The quantitative estimate of drug-likeness (QED) is 0.722. The minimum absolute atomic E-state index is 0.0653. The Morgan fingerprint density at radius 2 is 2.12 bits per heavy atom. The zero-order valence-corrected chi connectivity index (χ0v) is 14.5. The fraction of sp³-hybridized carbons (Fsp3) is 0.222. The number of aryl methyl sites for hydroxylation is 1. The van der Waals surface area contributed by atoms with E-state index in [0.717, 1.165) is 22.6 Å². The Morgan fingerprint density at radius 1 is 1.33 bits per heavy atom. The maximum Gasteiger partial charge on any atom is 0.223 e. The van der Waals surface area contributed by atoms with Crippen LogP contribution in [0.2, 0.25) is 5.02 Å². The van der Waals surface area contributed by atoms with Crippen molar-refractivity contribution in [1.29, 1.82) is 0 Å². The molecule has 0 aliphatic carbocycles. The van der Waals surface area contributed by atoms with Crippen LogP contribution < -0.4 is 9.64 Å². The molecule has 3 aromatic rings. The number of fused-ring (bicyclic) bond motifs is 1. The molecule has 0 atom stereocenters.